The molecule has 0 aliphatic heterocycles. The van der Waals surface area contributed by atoms with Crippen LogP contribution in [0.2, 0.25) is 0 Å². The number of carbonyl (C=O) groups excluding carboxylic acids is 1. The molecule has 0 spiro atoms. The molecule has 0 atom stereocenters. The molecule has 0 aromatic carbocycles. The molecule has 0 aliphatic rings. The molecule has 0 radical (unpaired) electrons. The molecule has 0 saturated heterocycles. The Kier molecular flexibility index (Phi) is 3.01. The zero-order chi connectivity index (χ0) is 13.3. The van der Waals surface area contributed by atoms with Gasteiger partial charge in [-0.2, -0.15) is 5.10 Å². The highest BCUT2D eigenvalue weighted by atomic mass is 16.2. The molecule has 94 valence electrons. The average Bonchev–Trinajstić information content (AvgIpc) is 2.61. The summed E-state index contributed by atoms with van der Waals surface area (Å²) < 4.78 is 0. The number of aromatic nitrogens is 3. The lowest BCUT2D eigenvalue weighted by Gasteiger charge is -2.03. The first-order chi connectivity index (χ1) is 8.49. The van der Waals surface area contributed by atoms with Crippen molar-refractivity contribution in [1.29, 1.82) is 0 Å². The van der Waals surface area contributed by atoms with Crippen LogP contribution in [0.25, 0.3) is 0 Å². The number of nitrogens with one attached hydrogen (secondary N) is 3. The van der Waals surface area contributed by atoms with Crippen molar-refractivity contribution < 1.29 is 4.79 Å². The SMILES string of the molecule is Cc1cc(=O)c(C(=O)Nc2n[nH]c(C)c2C)c[nH]1. The van der Waals surface area contributed by atoms with E-state index in [4.69, 9.17) is 0 Å². The third kappa shape index (κ3) is 2.17. The van der Waals surface area contributed by atoms with Crippen LogP contribution in [0.5, 0.6) is 0 Å². The van der Waals surface area contributed by atoms with Crippen molar-refractivity contribution in [2.75, 3.05) is 5.32 Å². The molecule has 18 heavy (non-hydrogen) atoms. The number of amides is 1. The number of pyridine rings is 1. The minimum absolute atomic E-state index is 0.0700. The van der Waals surface area contributed by atoms with Gasteiger partial charge in [-0.15, -0.1) is 0 Å². The van der Waals surface area contributed by atoms with Gasteiger partial charge in [-0.1, -0.05) is 0 Å². The Hall–Kier alpha value is -2.37. The van der Waals surface area contributed by atoms with Crippen molar-refractivity contribution in [3.8, 4) is 0 Å². The fourth-order valence-corrected chi connectivity index (χ4v) is 1.53. The summed E-state index contributed by atoms with van der Waals surface area (Å²) in [4.78, 5) is 26.4. The van der Waals surface area contributed by atoms with Crippen LogP contribution in [0.15, 0.2) is 17.1 Å². The number of carbonyl (C=O) groups is 1. The summed E-state index contributed by atoms with van der Waals surface area (Å²) >= 11 is 0. The smallest absolute Gasteiger partial charge is 0.262 e. The summed E-state index contributed by atoms with van der Waals surface area (Å²) in [6.07, 6.45) is 1.40. The fourth-order valence-electron chi connectivity index (χ4n) is 1.53. The van der Waals surface area contributed by atoms with Gasteiger partial charge in [0, 0.05) is 29.2 Å². The Morgan fingerprint density at radius 1 is 1.33 bits per heavy atom. The lowest BCUT2D eigenvalue weighted by atomic mass is 10.2. The van der Waals surface area contributed by atoms with E-state index in [1.807, 2.05) is 13.8 Å². The molecule has 6 nitrogen and oxygen atoms in total. The van der Waals surface area contributed by atoms with Crippen LogP contribution in [0, 0.1) is 20.8 Å². The van der Waals surface area contributed by atoms with Gasteiger partial charge in [0.2, 0.25) is 0 Å². The zero-order valence-corrected chi connectivity index (χ0v) is 10.4. The fraction of sp³-hybridized carbons (Fsp3) is 0.250. The number of anilines is 1. The van der Waals surface area contributed by atoms with Crippen molar-refractivity contribution >= 4 is 11.7 Å². The van der Waals surface area contributed by atoms with Gasteiger partial charge in [0.05, 0.1) is 0 Å². The van der Waals surface area contributed by atoms with Gasteiger partial charge in [-0.25, -0.2) is 0 Å². The lowest BCUT2D eigenvalue weighted by Crippen LogP contribution is -2.22. The quantitative estimate of drug-likeness (QED) is 0.745. The summed E-state index contributed by atoms with van der Waals surface area (Å²) in [7, 11) is 0. The summed E-state index contributed by atoms with van der Waals surface area (Å²) in [5.41, 5.74) is 2.20. The van der Waals surface area contributed by atoms with E-state index >= 15 is 0 Å². The lowest BCUT2D eigenvalue weighted by molar-refractivity contribution is 0.102. The molecule has 2 aromatic rings. The first kappa shape index (κ1) is 12.1. The largest absolute Gasteiger partial charge is 0.364 e. The molecule has 2 aromatic heterocycles. The van der Waals surface area contributed by atoms with E-state index in [0.29, 0.717) is 11.5 Å². The first-order valence-corrected chi connectivity index (χ1v) is 5.51. The van der Waals surface area contributed by atoms with Gasteiger partial charge in [-0.05, 0) is 20.8 Å². The zero-order valence-electron chi connectivity index (χ0n) is 10.4. The number of H-pyrrole nitrogens is 2. The second-order valence-electron chi connectivity index (χ2n) is 4.17. The number of hydrogen-bond acceptors (Lipinski definition) is 3. The van der Waals surface area contributed by atoms with Crippen LogP contribution in [-0.2, 0) is 0 Å². The third-order valence-electron chi connectivity index (χ3n) is 2.79. The molecule has 2 heterocycles. The van der Waals surface area contributed by atoms with E-state index in [-0.39, 0.29) is 11.0 Å². The summed E-state index contributed by atoms with van der Waals surface area (Å²) in [6.45, 7) is 5.45. The van der Waals surface area contributed by atoms with Crippen molar-refractivity contribution in [3.63, 3.8) is 0 Å². The number of rotatable bonds is 2. The molecule has 0 unspecified atom stereocenters. The van der Waals surface area contributed by atoms with Gasteiger partial charge >= 0.3 is 0 Å². The minimum atomic E-state index is -0.467. The Morgan fingerprint density at radius 2 is 2.06 bits per heavy atom. The van der Waals surface area contributed by atoms with Crippen LogP contribution >= 0.6 is 0 Å². The van der Waals surface area contributed by atoms with Crippen molar-refractivity contribution in [1.82, 2.24) is 15.2 Å². The second-order valence-corrected chi connectivity index (χ2v) is 4.17. The normalized spacial score (nSPS) is 10.4. The molecule has 6 heteroatoms. The molecule has 0 aliphatic carbocycles. The van der Waals surface area contributed by atoms with E-state index in [1.54, 1.807) is 6.92 Å². The first-order valence-electron chi connectivity index (χ1n) is 5.51. The molecule has 0 saturated carbocycles. The molecule has 2 rings (SSSR count). The topological polar surface area (TPSA) is 90.6 Å². The summed E-state index contributed by atoms with van der Waals surface area (Å²) in [6, 6.07) is 1.39. The van der Waals surface area contributed by atoms with Gasteiger partial charge in [0.15, 0.2) is 11.2 Å². The van der Waals surface area contributed by atoms with E-state index in [2.05, 4.69) is 20.5 Å². The van der Waals surface area contributed by atoms with E-state index in [1.165, 1.54) is 12.3 Å². The molecule has 1 amide bonds. The highest BCUT2D eigenvalue weighted by Gasteiger charge is 2.14. The van der Waals surface area contributed by atoms with Gasteiger partial charge in [0.1, 0.15) is 5.56 Å². The predicted octanol–water partition coefficient (Wildman–Crippen LogP) is 1.28. The third-order valence-corrected chi connectivity index (χ3v) is 2.79. The Bertz CT molecular complexity index is 654. The van der Waals surface area contributed by atoms with E-state index in [0.717, 1.165) is 11.3 Å². The highest BCUT2D eigenvalue weighted by molar-refractivity contribution is 6.03. The Balaban J connectivity index is 2.28. The van der Waals surface area contributed by atoms with Crippen LogP contribution in [0.4, 0.5) is 5.82 Å². The van der Waals surface area contributed by atoms with Crippen LogP contribution in [-0.4, -0.2) is 21.1 Å². The molecule has 0 fully saturated rings. The van der Waals surface area contributed by atoms with Crippen LogP contribution in [0.3, 0.4) is 0 Å². The predicted molar refractivity (Wildman–Crippen MR) is 67.8 cm³/mol. The maximum absolute atomic E-state index is 11.9. The highest BCUT2D eigenvalue weighted by Crippen LogP contribution is 2.14. The number of nitrogens with zero attached hydrogens (tertiary/aromatic N) is 1. The van der Waals surface area contributed by atoms with Gasteiger partial charge < -0.3 is 10.3 Å². The van der Waals surface area contributed by atoms with Crippen LogP contribution < -0.4 is 10.7 Å². The van der Waals surface area contributed by atoms with Crippen molar-refractivity contribution in [2.45, 2.75) is 20.8 Å². The van der Waals surface area contributed by atoms with Gasteiger partial charge in [0.25, 0.3) is 5.91 Å². The second kappa shape index (κ2) is 4.48. The van der Waals surface area contributed by atoms with Gasteiger partial charge in [-0.3, -0.25) is 14.7 Å². The Morgan fingerprint density at radius 3 is 2.61 bits per heavy atom. The molecule has 3 N–H and O–H groups in total. The van der Waals surface area contributed by atoms with Crippen molar-refractivity contribution in [3.05, 3.63) is 45.0 Å². The average molecular weight is 246 g/mol. The minimum Gasteiger partial charge on any atom is -0.364 e. The maximum Gasteiger partial charge on any atom is 0.262 e. The number of aryl methyl sites for hydroxylation is 2. The standard InChI is InChI=1S/C12H14N4O2/c1-6-4-10(17)9(5-13-6)12(18)14-11-7(2)8(3)15-16-11/h4-5H,1-3H3,(H,13,17)(H2,14,15,16,18). The molecular formula is C12H14N4O2. The monoisotopic (exact) mass is 246 g/mol. The summed E-state index contributed by atoms with van der Waals surface area (Å²) in [5, 5.41) is 9.33. The van der Waals surface area contributed by atoms with Crippen LogP contribution in [0.1, 0.15) is 27.3 Å². The molecular weight excluding hydrogens is 232 g/mol. The number of aromatic amines is 2. The van der Waals surface area contributed by atoms with E-state index in [9.17, 15) is 9.59 Å². The van der Waals surface area contributed by atoms with E-state index < -0.39 is 5.91 Å². The Labute approximate surface area is 103 Å². The maximum atomic E-state index is 11.9. The summed E-state index contributed by atoms with van der Waals surface area (Å²) in [5.74, 6) is -0.0247. The molecule has 0 bridgehead atoms. The number of hydrogen-bond donors (Lipinski definition) is 3. The van der Waals surface area contributed by atoms with Crippen molar-refractivity contribution in [2.24, 2.45) is 0 Å².